The second-order valence-electron chi connectivity index (χ2n) is 6.47. The number of likely N-dealkylation sites (N-methyl/N-ethyl adjacent to an activating group) is 1. The first kappa shape index (κ1) is 18.6. The predicted molar refractivity (Wildman–Crippen MR) is 108 cm³/mol. The van der Waals surface area contributed by atoms with E-state index in [-0.39, 0.29) is 5.82 Å². The molecule has 0 bridgehead atoms. The molecule has 0 aliphatic rings. The first-order valence-corrected chi connectivity index (χ1v) is 8.96. The Kier molecular flexibility index (Phi) is 5.86. The molecule has 4 N–H and O–H groups in total. The number of benzene rings is 1. The number of hydrogen-bond acceptors (Lipinski definition) is 3. The maximum Gasteiger partial charge on any atom is 0.137 e. The second kappa shape index (κ2) is 8.49. The molecule has 0 saturated heterocycles. The molecule has 0 fully saturated rings. The fourth-order valence-corrected chi connectivity index (χ4v) is 2.90. The zero-order valence-corrected chi connectivity index (χ0v) is 15.6. The van der Waals surface area contributed by atoms with Crippen LogP contribution in [0.5, 0.6) is 0 Å². The number of pyridine rings is 1. The zero-order chi connectivity index (χ0) is 19.2. The molecule has 2 aromatic heterocycles. The molecule has 0 unspecified atom stereocenters. The third-order valence-corrected chi connectivity index (χ3v) is 4.22. The van der Waals surface area contributed by atoms with E-state index >= 15 is 0 Å². The molecule has 3 aromatic rings. The topological polar surface area (TPSA) is 79.1 Å². The van der Waals surface area contributed by atoms with E-state index in [1.54, 1.807) is 12.1 Å². The highest BCUT2D eigenvalue weighted by Gasteiger charge is 2.08. The van der Waals surface area contributed by atoms with Gasteiger partial charge in [0.25, 0.3) is 0 Å². The summed E-state index contributed by atoms with van der Waals surface area (Å²) in [4.78, 5) is 12.0. The number of rotatable bonds is 7. The minimum absolute atomic E-state index is 0.256. The number of nitrogens with zero attached hydrogens (tertiary/aromatic N) is 2. The van der Waals surface area contributed by atoms with Crippen LogP contribution in [0, 0.1) is 12.7 Å². The quantitative estimate of drug-likeness (QED) is 0.442. The molecular formula is C21H24FN5. The summed E-state index contributed by atoms with van der Waals surface area (Å²) < 4.78 is 13.0. The van der Waals surface area contributed by atoms with Gasteiger partial charge in [0.05, 0.1) is 6.54 Å². The lowest BCUT2D eigenvalue weighted by atomic mass is 10.1. The van der Waals surface area contributed by atoms with Crippen LogP contribution in [-0.2, 0) is 13.0 Å². The number of H-pyrrole nitrogens is 1. The van der Waals surface area contributed by atoms with Crippen LogP contribution >= 0.6 is 0 Å². The van der Waals surface area contributed by atoms with E-state index in [0.29, 0.717) is 18.8 Å². The SMILES string of the molecule is CCN/C(=C\C(N)=NCc1ccc(F)cc1)Cc1c[nH]c2ncc(C)cc12. The molecule has 0 amide bonds. The van der Waals surface area contributed by atoms with Crippen molar-refractivity contribution >= 4 is 16.9 Å². The number of hydrogen-bond donors (Lipinski definition) is 3. The summed E-state index contributed by atoms with van der Waals surface area (Å²) in [5.74, 6) is 0.179. The molecule has 0 spiro atoms. The van der Waals surface area contributed by atoms with E-state index in [1.165, 1.54) is 12.1 Å². The van der Waals surface area contributed by atoms with Gasteiger partial charge in [-0.3, -0.25) is 4.99 Å². The Morgan fingerprint density at radius 1 is 1.33 bits per heavy atom. The lowest BCUT2D eigenvalue weighted by Gasteiger charge is -2.09. The smallest absolute Gasteiger partial charge is 0.137 e. The molecule has 2 heterocycles. The van der Waals surface area contributed by atoms with Crippen LogP contribution in [0.1, 0.15) is 23.6 Å². The van der Waals surface area contributed by atoms with E-state index in [2.05, 4.69) is 26.3 Å². The van der Waals surface area contributed by atoms with Gasteiger partial charge in [-0.1, -0.05) is 12.1 Å². The third-order valence-electron chi connectivity index (χ3n) is 4.22. The molecule has 0 aliphatic heterocycles. The van der Waals surface area contributed by atoms with Crippen molar-refractivity contribution in [3.63, 3.8) is 0 Å². The van der Waals surface area contributed by atoms with Gasteiger partial charge in [-0.05, 0) is 54.8 Å². The third kappa shape index (κ3) is 4.94. The van der Waals surface area contributed by atoms with E-state index in [4.69, 9.17) is 5.73 Å². The molecule has 0 radical (unpaired) electrons. The number of nitrogens with one attached hydrogen (secondary N) is 2. The lowest BCUT2D eigenvalue weighted by Crippen LogP contribution is -2.19. The van der Waals surface area contributed by atoms with Gasteiger partial charge < -0.3 is 16.0 Å². The Balaban J connectivity index is 1.77. The molecule has 3 rings (SSSR count). The molecule has 140 valence electrons. The highest BCUT2D eigenvalue weighted by atomic mass is 19.1. The van der Waals surface area contributed by atoms with Crippen molar-refractivity contribution in [2.45, 2.75) is 26.8 Å². The maximum atomic E-state index is 13.0. The van der Waals surface area contributed by atoms with Crippen LogP contribution in [0.25, 0.3) is 11.0 Å². The van der Waals surface area contributed by atoms with Gasteiger partial charge in [-0.15, -0.1) is 0 Å². The highest BCUT2D eigenvalue weighted by Crippen LogP contribution is 2.19. The van der Waals surface area contributed by atoms with Gasteiger partial charge in [0.15, 0.2) is 0 Å². The fourth-order valence-electron chi connectivity index (χ4n) is 2.90. The number of allylic oxidation sites excluding steroid dienone is 1. The standard InChI is InChI=1S/C21H24FN5/c1-3-24-18(9-16-13-27-21-19(16)8-14(2)11-26-21)10-20(23)25-12-15-4-6-17(22)7-5-15/h4-8,10-11,13,24H,3,9,12H2,1-2H3,(H2,23,25)(H,26,27)/b18-10-. The number of aromatic amines is 1. The van der Waals surface area contributed by atoms with Crippen molar-refractivity contribution in [2.75, 3.05) is 6.54 Å². The molecule has 5 nitrogen and oxygen atoms in total. The predicted octanol–water partition coefficient (Wildman–Crippen LogP) is 3.60. The van der Waals surface area contributed by atoms with E-state index < -0.39 is 0 Å². The van der Waals surface area contributed by atoms with Crippen molar-refractivity contribution in [1.82, 2.24) is 15.3 Å². The Bertz CT molecular complexity index is 970. The maximum absolute atomic E-state index is 13.0. The van der Waals surface area contributed by atoms with Crippen molar-refractivity contribution < 1.29 is 4.39 Å². The Morgan fingerprint density at radius 2 is 2.11 bits per heavy atom. The van der Waals surface area contributed by atoms with Crippen LogP contribution in [-0.4, -0.2) is 22.3 Å². The summed E-state index contributed by atoms with van der Waals surface area (Å²) in [6.07, 6.45) is 6.39. The van der Waals surface area contributed by atoms with Gasteiger partial charge >= 0.3 is 0 Å². The van der Waals surface area contributed by atoms with Gasteiger partial charge in [0.1, 0.15) is 17.3 Å². The van der Waals surface area contributed by atoms with Crippen LogP contribution < -0.4 is 11.1 Å². The number of aryl methyl sites for hydroxylation is 1. The number of fused-ring (bicyclic) bond motifs is 1. The van der Waals surface area contributed by atoms with E-state index in [9.17, 15) is 4.39 Å². The Hall–Kier alpha value is -3.15. The largest absolute Gasteiger partial charge is 0.388 e. The molecular weight excluding hydrogens is 341 g/mol. The summed E-state index contributed by atoms with van der Waals surface area (Å²) >= 11 is 0. The van der Waals surface area contributed by atoms with Crippen LogP contribution in [0.3, 0.4) is 0 Å². The first-order valence-electron chi connectivity index (χ1n) is 8.96. The van der Waals surface area contributed by atoms with Gasteiger partial charge in [0.2, 0.25) is 0 Å². The molecule has 0 saturated carbocycles. The van der Waals surface area contributed by atoms with Gasteiger partial charge in [-0.2, -0.15) is 0 Å². The summed E-state index contributed by atoms with van der Waals surface area (Å²) in [6, 6.07) is 8.40. The normalized spacial score (nSPS) is 12.6. The molecule has 6 heteroatoms. The number of nitrogens with two attached hydrogens (primary N) is 1. The Labute approximate surface area is 158 Å². The average Bonchev–Trinajstić information content (AvgIpc) is 3.03. The lowest BCUT2D eigenvalue weighted by molar-refractivity contribution is 0.627. The summed E-state index contributed by atoms with van der Waals surface area (Å²) in [7, 11) is 0. The van der Waals surface area contributed by atoms with Crippen molar-refractivity contribution in [2.24, 2.45) is 10.7 Å². The van der Waals surface area contributed by atoms with Crippen LogP contribution in [0.4, 0.5) is 4.39 Å². The Morgan fingerprint density at radius 3 is 2.85 bits per heavy atom. The highest BCUT2D eigenvalue weighted by molar-refractivity contribution is 5.92. The van der Waals surface area contributed by atoms with Crippen molar-refractivity contribution in [3.05, 3.63) is 77.0 Å². The number of amidine groups is 1. The average molecular weight is 365 g/mol. The first-order chi connectivity index (χ1) is 13.0. The number of halogens is 1. The molecule has 1 aromatic carbocycles. The molecule has 27 heavy (non-hydrogen) atoms. The van der Waals surface area contributed by atoms with E-state index in [1.807, 2.05) is 32.3 Å². The molecule has 0 atom stereocenters. The van der Waals surface area contributed by atoms with Gasteiger partial charge in [-0.25, -0.2) is 9.37 Å². The van der Waals surface area contributed by atoms with Gasteiger partial charge in [0, 0.05) is 36.4 Å². The van der Waals surface area contributed by atoms with Crippen LogP contribution in [0.2, 0.25) is 0 Å². The van der Waals surface area contributed by atoms with Crippen LogP contribution in [0.15, 0.2) is 59.5 Å². The minimum atomic E-state index is -0.256. The fraction of sp³-hybridized carbons (Fsp3) is 0.238. The zero-order valence-electron chi connectivity index (χ0n) is 15.6. The second-order valence-corrected chi connectivity index (χ2v) is 6.47. The number of aliphatic imine (C=N–C) groups is 1. The minimum Gasteiger partial charge on any atom is -0.388 e. The summed E-state index contributed by atoms with van der Waals surface area (Å²) in [5, 5.41) is 4.46. The van der Waals surface area contributed by atoms with Crippen molar-refractivity contribution in [3.8, 4) is 0 Å². The number of aromatic nitrogens is 2. The van der Waals surface area contributed by atoms with E-state index in [0.717, 1.165) is 40.0 Å². The monoisotopic (exact) mass is 365 g/mol. The summed E-state index contributed by atoms with van der Waals surface area (Å²) in [6.45, 7) is 5.28. The molecule has 0 aliphatic carbocycles. The van der Waals surface area contributed by atoms with Crippen molar-refractivity contribution in [1.29, 1.82) is 0 Å². The summed E-state index contributed by atoms with van der Waals surface area (Å²) in [5.41, 5.74) is 11.1.